The Balaban J connectivity index is 0.000000556. The number of benzene rings is 3. The molecule has 0 amide bonds. The molecule has 0 unspecified atom stereocenters. The van der Waals surface area contributed by atoms with Crippen LogP contribution in [0.3, 0.4) is 0 Å². The lowest BCUT2D eigenvalue weighted by Gasteiger charge is -2.17. The molecule has 0 saturated heterocycles. The first-order valence-electron chi connectivity index (χ1n) is 11.1. The van der Waals surface area contributed by atoms with Gasteiger partial charge in [-0.3, -0.25) is 0 Å². The van der Waals surface area contributed by atoms with E-state index in [-0.39, 0.29) is 0 Å². The molecular formula is C29H23ClN2O4. The summed E-state index contributed by atoms with van der Waals surface area (Å²) in [6.45, 7) is 0.770. The normalized spacial score (nSPS) is 10.9. The minimum atomic E-state index is -4.94. The van der Waals surface area contributed by atoms with Crippen LogP contribution in [0.1, 0.15) is 5.56 Å². The van der Waals surface area contributed by atoms with Crippen LogP contribution in [0.15, 0.2) is 128 Å². The van der Waals surface area contributed by atoms with E-state index in [9.17, 15) is 0 Å². The van der Waals surface area contributed by atoms with Crippen molar-refractivity contribution in [2.45, 2.75) is 6.54 Å². The van der Waals surface area contributed by atoms with E-state index in [1.54, 1.807) is 0 Å². The van der Waals surface area contributed by atoms with E-state index in [1.807, 2.05) is 18.3 Å². The molecule has 3 aromatic carbocycles. The van der Waals surface area contributed by atoms with Gasteiger partial charge in [0.05, 0.1) is 0 Å². The molecule has 0 aliphatic heterocycles. The largest absolute Gasteiger partial charge is 0.250 e. The zero-order valence-electron chi connectivity index (χ0n) is 19.2. The van der Waals surface area contributed by atoms with Crippen molar-refractivity contribution < 1.29 is 33.4 Å². The van der Waals surface area contributed by atoms with Crippen LogP contribution in [0.25, 0.3) is 33.8 Å². The highest BCUT2D eigenvalue weighted by atomic mass is 35.7. The van der Waals surface area contributed by atoms with Crippen molar-refractivity contribution in [3.05, 3.63) is 133 Å². The maximum absolute atomic E-state index is 8.49. The lowest BCUT2D eigenvalue weighted by molar-refractivity contribution is -2.00. The van der Waals surface area contributed by atoms with E-state index < -0.39 is 10.2 Å². The van der Waals surface area contributed by atoms with Gasteiger partial charge < -0.3 is 0 Å². The monoisotopic (exact) mass is 498 g/mol. The summed E-state index contributed by atoms with van der Waals surface area (Å²) < 4.78 is 36.3. The van der Waals surface area contributed by atoms with Gasteiger partial charge >= 0.3 is 0 Å². The van der Waals surface area contributed by atoms with Gasteiger partial charge in [0.2, 0.25) is 11.4 Å². The van der Waals surface area contributed by atoms with Crippen LogP contribution in [-0.2, 0) is 6.54 Å². The van der Waals surface area contributed by atoms with E-state index in [0.29, 0.717) is 0 Å². The van der Waals surface area contributed by atoms with Crippen LogP contribution >= 0.6 is 0 Å². The minimum absolute atomic E-state index is 0.770. The van der Waals surface area contributed by atoms with E-state index >= 15 is 0 Å². The zero-order valence-corrected chi connectivity index (χ0v) is 20.0. The lowest BCUT2D eigenvalue weighted by atomic mass is 10.00. The molecule has 0 atom stereocenters. The fourth-order valence-electron chi connectivity index (χ4n) is 3.93. The van der Waals surface area contributed by atoms with Crippen LogP contribution in [0.2, 0.25) is 0 Å². The number of hydrogen-bond acceptors (Lipinski definition) is 5. The van der Waals surface area contributed by atoms with Gasteiger partial charge in [0.25, 0.3) is 0 Å². The molecule has 0 N–H and O–H groups in total. The fraction of sp³-hybridized carbons (Fsp3) is 0.0345. The van der Waals surface area contributed by atoms with Crippen molar-refractivity contribution in [3.8, 4) is 33.8 Å². The van der Waals surface area contributed by atoms with Gasteiger partial charge in [-0.25, -0.2) is 23.6 Å². The summed E-state index contributed by atoms with van der Waals surface area (Å²) in [7, 11) is -4.94. The van der Waals surface area contributed by atoms with Crippen molar-refractivity contribution in [2.24, 2.45) is 0 Å². The molecule has 6 nitrogen and oxygen atoms in total. The van der Waals surface area contributed by atoms with Gasteiger partial charge in [0.15, 0.2) is 6.54 Å². The third kappa shape index (κ3) is 7.05. The highest BCUT2D eigenvalue weighted by Crippen LogP contribution is 2.28. The van der Waals surface area contributed by atoms with Crippen molar-refractivity contribution in [2.75, 3.05) is 0 Å². The molecule has 0 aliphatic rings. The van der Waals surface area contributed by atoms with Crippen LogP contribution < -0.4 is 23.2 Å². The Bertz CT molecular complexity index is 1310. The Hall–Kier alpha value is -3.91. The second kappa shape index (κ2) is 11.7. The molecule has 0 spiro atoms. The van der Waals surface area contributed by atoms with Gasteiger partial charge in [-0.05, 0) is 35.4 Å². The molecule has 5 aromatic rings. The second-order valence-corrected chi connectivity index (χ2v) is 8.67. The van der Waals surface area contributed by atoms with E-state index in [4.69, 9.17) is 23.6 Å². The maximum atomic E-state index is 8.49. The van der Waals surface area contributed by atoms with Gasteiger partial charge in [-0.2, -0.15) is 4.57 Å². The predicted molar refractivity (Wildman–Crippen MR) is 126 cm³/mol. The van der Waals surface area contributed by atoms with E-state index in [0.717, 1.165) is 17.9 Å². The van der Waals surface area contributed by atoms with Crippen molar-refractivity contribution in [1.29, 1.82) is 0 Å². The lowest BCUT2D eigenvalue weighted by Crippen LogP contribution is -2.68. The standard InChI is InChI=1S/C29H23N2.ClHO4/c1-4-12-23(13-5-1)22-31-28(25-16-8-3-9-17-25)20-26(24-14-6-2-7-15-24)21-29(31)27-18-10-11-19-30-27;2-1(3,4)5/h1-21H,22H2;(H,2,3,4,5)/q+1;/p-1. The molecule has 0 saturated carbocycles. The number of aromatic nitrogens is 2. The molecule has 2 aromatic heterocycles. The van der Waals surface area contributed by atoms with Crippen LogP contribution in [0, 0.1) is 10.2 Å². The highest BCUT2D eigenvalue weighted by molar-refractivity contribution is 5.72. The van der Waals surface area contributed by atoms with Crippen LogP contribution in [0.4, 0.5) is 0 Å². The second-order valence-electron chi connectivity index (χ2n) is 7.91. The minimum Gasteiger partial charge on any atom is -0.250 e. The number of halogens is 1. The molecule has 5 rings (SSSR count). The number of nitrogens with zero attached hydrogens (tertiary/aromatic N) is 2. The summed E-state index contributed by atoms with van der Waals surface area (Å²) in [5, 5.41) is 0. The third-order valence-electron chi connectivity index (χ3n) is 5.45. The summed E-state index contributed by atoms with van der Waals surface area (Å²) in [5.41, 5.74) is 8.07. The summed E-state index contributed by atoms with van der Waals surface area (Å²) in [6, 6.07) is 42.4. The van der Waals surface area contributed by atoms with Crippen LogP contribution in [-0.4, -0.2) is 4.98 Å². The maximum Gasteiger partial charge on any atom is 0.232 e. The van der Waals surface area contributed by atoms with E-state index in [2.05, 4.69) is 114 Å². The summed E-state index contributed by atoms with van der Waals surface area (Å²) in [5.74, 6) is 0. The average molecular weight is 499 g/mol. The molecule has 0 aliphatic carbocycles. The first kappa shape index (κ1) is 25.2. The Morgan fingerprint density at radius 1 is 0.556 bits per heavy atom. The molecule has 0 fully saturated rings. The molecule has 36 heavy (non-hydrogen) atoms. The van der Waals surface area contributed by atoms with Crippen molar-refractivity contribution in [1.82, 2.24) is 4.98 Å². The molecule has 2 heterocycles. The SMILES string of the molecule is [O-][Cl+3]([O-])([O-])[O-].c1ccc(C[n+]2c(-c3ccccc3)cc(-c3ccccc3)cc2-c2ccccn2)cc1. The molecule has 180 valence electrons. The first-order valence-corrected chi connectivity index (χ1v) is 12.4. The van der Waals surface area contributed by atoms with E-state index in [1.165, 1.54) is 27.9 Å². The molecular weight excluding hydrogens is 476 g/mol. The zero-order chi connectivity index (χ0) is 25.4. The molecule has 0 radical (unpaired) electrons. The average Bonchev–Trinajstić information content (AvgIpc) is 2.90. The highest BCUT2D eigenvalue weighted by Gasteiger charge is 2.23. The van der Waals surface area contributed by atoms with Gasteiger partial charge in [0.1, 0.15) is 5.69 Å². The topological polar surface area (TPSA) is 109 Å². The summed E-state index contributed by atoms with van der Waals surface area (Å²) in [4.78, 5) is 4.70. The first-order chi connectivity index (χ1) is 17.4. The summed E-state index contributed by atoms with van der Waals surface area (Å²) in [6.07, 6.45) is 1.86. The van der Waals surface area contributed by atoms with Crippen molar-refractivity contribution in [3.63, 3.8) is 0 Å². The van der Waals surface area contributed by atoms with Gasteiger partial charge in [-0.1, -0.05) is 84.9 Å². The molecule has 7 heteroatoms. The third-order valence-corrected chi connectivity index (χ3v) is 5.45. The Kier molecular flexibility index (Phi) is 8.17. The molecule has 0 bridgehead atoms. The van der Waals surface area contributed by atoms with Gasteiger partial charge in [-0.15, -0.1) is 10.2 Å². The Morgan fingerprint density at radius 2 is 1.06 bits per heavy atom. The van der Waals surface area contributed by atoms with Gasteiger partial charge in [0, 0.05) is 29.5 Å². The number of rotatable bonds is 5. The van der Waals surface area contributed by atoms with Crippen molar-refractivity contribution >= 4 is 0 Å². The predicted octanol–water partition coefficient (Wildman–Crippen LogP) is 1.66. The smallest absolute Gasteiger partial charge is 0.232 e. The fourth-order valence-corrected chi connectivity index (χ4v) is 3.93. The summed E-state index contributed by atoms with van der Waals surface area (Å²) >= 11 is 0. The number of hydrogen-bond donors (Lipinski definition) is 0. The quantitative estimate of drug-likeness (QED) is 0.342. The van der Waals surface area contributed by atoms with Crippen LogP contribution in [0.5, 0.6) is 0 Å². The Labute approximate surface area is 211 Å². The Morgan fingerprint density at radius 3 is 1.61 bits per heavy atom. The number of pyridine rings is 2.